The second-order valence-corrected chi connectivity index (χ2v) is 7.32. The molecular weight excluding hydrogens is 285 g/mol. The molecule has 1 heterocycles. The molecule has 0 atom stereocenters. The molecule has 0 saturated carbocycles. The fourth-order valence-electron chi connectivity index (χ4n) is 1.75. The van der Waals surface area contributed by atoms with E-state index in [-0.39, 0.29) is 32.1 Å². The van der Waals surface area contributed by atoms with Crippen LogP contribution in [0.15, 0.2) is 0 Å². The Bertz CT molecular complexity index is 446. The van der Waals surface area contributed by atoms with Crippen molar-refractivity contribution in [1.82, 2.24) is 9.21 Å². The van der Waals surface area contributed by atoms with Crippen molar-refractivity contribution in [2.75, 3.05) is 26.2 Å². The Morgan fingerprint density at radius 3 is 1.74 bits per heavy atom. The predicted octanol–water partition coefficient (Wildman–Crippen LogP) is 1.03. The summed E-state index contributed by atoms with van der Waals surface area (Å²) in [6.45, 7) is 4.40. The lowest BCUT2D eigenvalue weighted by molar-refractivity contribution is -0.140. The number of hydrogen-bond donors (Lipinski definition) is 0. The molecule has 0 aromatic rings. The zero-order chi connectivity index (χ0) is 15.1. The smallest absolute Gasteiger partial charge is 0.340 e. The van der Waals surface area contributed by atoms with E-state index in [1.54, 1.807) is 20.8 Å². The first-order chi connectivity index (χ1) is 8.37. The van der Waals surface area contributed by atoms with Gasteiger partial charge < -0.3 is 4.90 Å². The van der Waals surface area contributed by atoms with Gasteiger partial charge in [0.25, 0.3) is 0 Å². The zero-order valence-corrected chi connectivity index (χ0v) is 11.8. The lowest BCUT2D eigenvalue weighted by Crippen LogP contribution is -2.55. The van der Waals surface area contributed by atoms with Crippen LogP contribution in [0.5, 0.6) is 0 Å². The Kier molecular flexibility index (Phi) is 4.21. The van der Waals surface area contributed by atoms with Crippen LogP contribution in [0.3, 0.4) is 0 Å². The lowest BCUT2D eigenvalue weighted by atomic mass is 9.94. The van der Waals surface area contributed by atoms with Gasteiger partial charge in [-0.05, 0) is 0 Å². The number of carbonyl (C=O) groups is 1. The van der Waals surface area contributed by atoms with Crippen molar-refractivity contribution in [2.45, 2.75) is 26.3 Å². The Hall–Kier alpha value is -0.830. The quantitative estimate of drug-likeness (QED) is 0.727. The molecule has 9 heteroatoms. The molecule has 1 aliphatic heterocycles. The van der Waals surface area contributed by atoms with Crippen molar-refractivity contribution < 1.29 is 26.4 Å². The summed E-state index contributed by atoms with van der Waals surface area (Å²) in [5, 5.41) is 0. The van der Waals surface area contributed by atoms with Gasteiger partial charge in [-0.3, -0.25) is 4.79 Å². The Morgan fingerprint density at radius 1 is 1.00 bits per heavy atom. The maximum Gasteiger partial charge on any atom is 0.511 e. The van der Waals surface area contributed by atoms with Gasteiger partial charge >= 0.3 is 15.5 Å². The molecule has 19 heavy (non-hydrogen) atoms. The van der Waals surface area contributed by atoms with E-state index in [2.05, 4.69) is 0 Å². The van der Waals surface area contributed by atoms with E-state index in [0.717, 1.165) is 0 Å². The summed E-state index contributed by atoms with van der Waals surface area (Å²) in [6, 6.07) is 0. The summed E-state index contributed by atoms with van der Waals surface area (Å²) in [5.74, 6) is -0.198. The first-order valence-electron chi connectivity index (χ1n) is 5.73. The number of carbonyl (C=O) groups excluding carboxylic acids is 1. The third-order valence-corrected chi connectivity index (χ3v) is 4.43. The van der Waals surface area contributed by atoms with Gasteiger partial charge in [-0.25, -0.2) is 8.42 Å². The highest BCUT2D eigenvalue weighted by atomic mass is 32.2. The predicted molar refractivity (Wildman–Crippen MR) is 62.6 cm³/mol. The van der Waals surface area contributed by atoms with Crippen molar-refractivity contribution >= 4 is 15.9 Å². The molecule has 0 aromatic carbocycles. The fourth-order valence-corrected chi connectivity index (χ4v) is 2.69. The van der Waals surface area contributed by atoms with Gasteiger partial charge in [-0.2, -0.15) is 17.5 Å². The van der Waals surface area contributed by atoms with E-state index in [9.17, 15) is 26.4 Å². The third kappa shape index (κ3) is 3.38. The topological polar surface area (TPSA) is 57.7 Å². The van der Waals surface area contributed by atoms with Gasteiger partial charge in [-0.1, -0.05) is 20.8 Å². The number of sulfonamides is 1. The lowest BCUT2D eigenvalue weighted by Gasteiger charge is -2.37. The van der Waals surface area contributed by atoms with E-state index in [1.807, 2.05) is 0 Å². The fraction of sp³-hybridized carbons (Fsp3) is 0.900. The molecule has 0 spiro atoms. The maximum atomic E-state index is 12.4. The summed E-state index contributed by atoms with van der Waals surface area (Å²) in [6.07, 6.45) is 0. The molecule has 1 amide bonds. The van der Waals surface area contributed by atoms with Crippen LogP contribution in [-0.4, -0.2) is 55.2 Å². The highest BCUT2D eigenvalue weighted by molar-refractivity contribution is 7.90. The highest BCUT2D eigenvalue weighted by Gasteiger charge is 2.50. The number of alkyl halides is 3. The minimum Gasteiger partial charge on any atom is -0.340 e. The van der Waals surface area contributed by atoms with Crippen LogP contribution in [0.2, 0.25) is 0 Å². The second-order valence-electron chi connectivity index (χ2n) is 5.39. The first-order valence-corrected chi connectivity index (χ1v) is 7.17. The SMILES string of the molecule is CC(C)(C)C(=O)N1CCN(S(=O)(=O)C(F)(F)F)CC1. The van der Waals surface area contributed by atoms with E-state index < -0.39 is 20.9 Å². The summed E-state index contributed by atoms with van der Waals surface area (Å²) in [4.78, 5) is 13.3. The number of amides is 1. The molecule has 0 radical (unpaired) electrons. The van der Waals surface area contributed by atoms with Crippen LogP contribution in [0.1, 0.15) is 20.8 Å². The van der Waals surface area contributed by atoms with Gasteiger partial charge in [0.15, 0.2) is 0 Å². The highest BCUT2D eigenvalue weighted by Crippen LogP contribution is 2.28. The third-order valence-electron chi connectivity index (χ3n) is 2.80. The number of halogens is 3. The molecule has 1 saturated heterocycles. The molecule has 1 aliphatic rings. The first kappa shape index (κ1) is 16.2. The molecular formula is C10H17F3N2O3S. The molecule has 1 fully saturated rings. The zero-order valence-electron chi connectivity index (χ0n) is 11.0. The molecule has 0 N–H and O–H groups in total. The van der Waals surface area contributed by atoms with E-state index >= 15 is 0 Å². The maximum absolute atomic E-state index is 12.4. The monoisotopic (exact) mass is 302 g/mol. The summed E-state index contributed by atoms with van der Waals surface area (Å²) in [5.41, 5.74) is -5.92. The summed E-state index contributed by atoms with van der Waals surface area (Å²) in [7, 11) is -5.29. The normalized spacial score (nSPS) is 19.6. The van der Waals surface area contributed by atoms with Crippen LogP contribution in [-0.2, 0) is 14.8 Å². The molecule has 112 valence electrons. The van der Waals surface area contributed by atoms with Gasteiger partial charge in [0.2, 0.25) is 5.91 Å². The van der Waals surface area contributed by atoms with E-state index in [4.69, 9.17) is 0 Å². The molecule has 0 aromatic heterocycles. The molecule has 1 rings (SSSR count). The number of nitrogens with zero attached hydrogens (tertiary/aromatic N) is 2. The van der Waals surface area contributed by atoms with E-state index in [0.29, 0.717) is 4.31 Å². The largest absolute Gasteiger partial charge is 0.511 e. The number of piperazine rings is 1. The van der Waals surface area contributed by atoms with Crippen LogP contribution in [0.25, 0.3) is 0 Å². The molecule has 0 bridgehead atoms. The van der Waals surface area contributed by atoms with E-state index in [1.165, 1.54) is 4.90 Å². The molecule has 0 unspecified atom stereocenters. The van der Waals surface area contributed by atoms with Gasteiger partial charge in [0.05, 0.1) is 0 Å². The minimum absolute atomic E-state index is 0.0224. The van der Waals surface area contributed by atoms with Crippen LogP contribution < -0.4 is 0 Å². The standard InChI is InChI=1S/C10H17F3N2O3S/c1-9(2,3)8(16)14-4-6-15(7-5-14)19(17,18)10(11,12)13/h4-7H2,1-3H3. The van der Waals surface area contributed by atoms with Crippen molar-refractivity contribution in [3.05, 3.63) is 0 Å². The number of rotatable bonds is 1. The average Bonchev–Trinajstić information content (AvgIpc) is 2.25. The Morgan fingerprint density at radius 2 is 1.42 bits per heavy atom. The van der Waals surface area contributed by atoms with Crippen molar-refractivity contribution in [3.8, 4) is 0 Å². The second kappa shape index (κ2) is 4.93. The van der Waals surface area contributed by atoms with Crippen LogP contribution in [0, 0.1) is 5.41 Å². The van der Waals surface area contributed by atoms with Crippen LogP contribution in [0.4, 0.5) is 13.2 Å². The van der Waals surface area contributed by atoms with Crippen molar-refractivity contribution in [1.29, 1.82) is 0 Å². The van der Waals surface area contributed by atoms with Crippen LogP contribution >= 0.6 is 0 Å². The van der Waals surface area contributed by atoms with Crippen molar-refractivity contribution in [2.24, 2.45) is 5.41 Å². The van der Waals surface area contributed by atoms with Gasteiger partial charge in [-0.15, -0.1) is 0 Å². The summed E-state index contributed by atoms with van der Waals surface area (Å²) >= 11 is 0. The van der Waals surface area contributed by atoms with Gasteiger partial charge in [0.1, 0.15) is 0 Å². The van der Waals surface area contributed by atoms with Gasteiger partial charge in [0, 0.05) is 31.6 Å². The minimum atomic E-state index is -5.29. The van der Waals surface area contributed by atoms with Crippen molar-refractivity contribution in [3.63, 3.8) is 0 Å². The Labute approximate surface area is 110 Å². The molecule has 0 aliphatic carbocycles. The number of hydrogen-bond acceptors (Lipinski definition) is 3. The Balaban J connectivity index is 2.72. The summed E-state index contributed by atoms with van der Waals surface area (Å²) < 4.78 is 59.8. The molecule has 5 nitrogen and oxygen atoms in total. The average molecular weight is 302 g/mol.